The van der Waals surface area contributed by atoms with Crippen molar-refractivity contribution in [3.8, 4) is 11.1 Å². The molecule has 0 saturated carbocycles. The van der Waals surface area contributed by atoms with Crippen molar-refractivity contribution in [2.75, 3.05) is 6.54 Å². The molecular weight excluding hydrogens is 448 g/mol. The number of thioether (sulfide) groups is 1. The number of hydrogen-bond donors (Lipinski definition) is 1. The van der Waals surface area contributed by atoms with Gasteiger partial charge in [0, 0.05) is 29.4 Å². The molecule has 0 unspecified atom stereocenters. The lowest BCUT2D eigenvalue weighted by atomic mass is 10.1. The number of hydrogen-bond acceptors (Lipinski definition) is 8. The van der Waals surface area contributed by atoms with E-state index in [0.717, 1.165) is 33.3 Å². The molecule has 1 aliphatic heterocycles. The van der Waals surface area contributed by atoms with Crippen molar-refractivity contribution in [2.24, 2.45) is 0 Å². The summed E-state index contributed by atoms with van der Waals surface area (Å²) in [6, 6.07) is 12.3. The second-order valence-corrected chi connectivity index (χ2v) is 9.53. The number of fused-ring (bicyclic) bond motifs is 1. The van der Waals surface area contributed by atoms with E-state index in [1.807, 2.05) is 18.2 Å². The first-order valence-corrected chi connectivity index (χ1v) is 11.7. The molecule has 1 fully saturated rings. The van der Waals surface area contributed by atoms with E-state index in [0.29, 0.717) is 28.0 Å². The number of nitrogens with one attached hydrogen (secondary N) is 1. The number of tetrazole rings is 1. The minimum Gasteiger partial charge on any atom is -0.293 e. The molecule has 0 radical (unpaired) electrons. The van der Waals surface area contributed by atoms with Crippen molar-refractivity contribution in [3.63, 3.8) is 0 Å². The maximum atomic E-state index is 12.8. The summed E-state index contributed by atoms with van der Waals surface area (Å²) >= 11 is 8.39. The number of carbonyl (C=O) groups is 1. The Labute approximate surface area is 191 Å². The molecule has 0 spiro atoms. The molecule has 0 atom stereocenters. The van der Waals surface area contributed by atoms with Crippen molar-refractivity contribution in [2.45, 2.75) is 12.8 Å². The zero-order valence-corrected chi connectivity index (χ0v) is 18.6. The van der Waals surface area contributed by atoms with Crippen LogP contribution in [0, 0.1) is 0 Å². The molecule has 0 aliphatic carbocycles. The first kappa shape index (κ1) is 20.0. The molecule has 1 N–H and O–H groups in total. The van der Waals surface area contributed by atoms with Gasteiger partial charge >= 0.3 is 0 Å². The van der Waals surface area contributed by atoms with Crippen LogP contribution in [-0.4, -0.2) is 47.3 Å². The number of carbonyl (C=O) groups excluding carboxylic acids is 1. The van der Waals surface area contributed by atoms with E-state index < -0.39 is 0 Å². The molecule has 3 aromatic heterocycles. The van der Waals surface area contributed by atoms with Crippen LogP contribution in [0.15, 0.2) is 52.9 Å². The van der Waals surface area contributed by atoms with Crippen LogP contribution >= 0.6 is 35.3 Å². The van der Waals surface area contributed by atoms with E-state index in [1.165, 1.54) is 11.8 Å². The number of amides is 1. The topological polar surface area (TPSA) is 87.7 Å². The van der Waals surface area contributed by atoms with Gasteiger partial charge in [0.2, 0.25) is 0 Å². The van der Waals surface area contributed by atoms with Crippen molar-refractivity contribution in [3.05, 3.63) is 63.6 Å². The average molecular weight is 465 g/mol. The van der Waals surface area contributed by atoms with E-state index in [2.05, 4.69) is 55.3 Å². The van der Waals surface area contributed by atoms with Gasteiger partial charge in [-0.1, -0.05) is 41.3 Å². The Morgan fingerprint density at radius 1 is 1.19 bits per heavy atom. The lowest BCUT2D eigenvalue weighted by Crippen LogP contribution is -2.29. The Kier molecular flexibility index (Phi) is 5.58. The standard InChI is InChI=1S/C21H16N6OS3/c28-20-18(31-21(29)27(20)8-2-4-19-23-25-26-24-19)11-16-10-15(12-30-16)13-5-6-17-14(9-13)3-1-7-22-17/h1,3,5-7,9-12H,2,4,8H2,(H,23,24,25,26)/b18-11-. The van der Waals surface area contributed by atoms with E-state index in [-0.39, 0.29) is 5.91 Å². The van der Waals surface area contributed by atoms with Gasteiger partial charge in [0.15, 0.2) is 5.82 Å². The summed E-state index contributed by atoms with van der Waals surface area (Å²) in [4.78, 5) is 20.5. The summed E-state index contributed by atoms with van der Waals surface area (Å²) in [5, 5.41) is 17.0. The van der Waals surface area contributed by atoms with Crippen molar-refractivity contribution in [1.82, 2.24) is 30.5 Å². The number of thiophene rings is 1. The van der Waals surface area contributed by atoms with Crippen LogP contribution in [0.5, 0.6) is 0 Å². The molecule has 1 amide bonds. The van der Waals surface area contributed by atoms with Crippen molar-refractivity contribution < 1.29 is 4.79 Å². The molecule has 1 aromatic carbocycles. The van der Waals surface area contributed by atoms with Gasteiger partial charge in [0.1, 0.15) is 4.32 Å². The predicted molar refractivity (Wildman–Crippen MR) is 127 cm³/mol. The maximum absolute atomic E-state index is 12.8. The number of rotatable bonds is 6. The number of aromatic amines is 1. The third-order valence-corrected chi connectivity index (χ3v) is 7.13. The first-order valence-electron chi connectivity index (χ1n) is 9.59. The minimum absolute atomic E-state index is 0.0464. The number of H-pyrrole nitrogens is 1. The number of benzene rings is 1. The van der Waals surface area contributed by atoms with Gasteiger partial charge < -0.3 is 0 Å². The highest BCUT2D eigenvalue weighted by atomic mass is 32.2. The quantitative estimate of drug-likeness (QED) is 0.336. The van der Waals surface area contributed by atoms with Gasteiger partial charge in [-0.2, -0.15) is 5.21 Å². The molecule has 7 nitrogen and oxygen atoms in total. The Morgan fingerprint density at radius 2 is 2.13 bits per heavy atom. The fourth-order valence-electron chi connectivity index (χ4n) is 3.34. The molecule has 10 heteroatoms. The molecule has 0 bridgehead atoms. The molecular formula is C21H16N6OS3. The predicted octanol–water partition coefficient (Wildman–Crippen LogP) is 4.31. The van der Waals surface area contributed by atoms with E-state index in [9.17, 15) is 4.79 Å². The lowest BCUT2D eigenvalue weighted by Gasteiger charge is -2.13. The summed E-state index contributed by atoms with van der Waals surface area (Å²) in [5.74, 6) is 0.589. The van der Waals surface area contributed by atoms with Gasteiger partial charge in [0.05, 0.1) is 10.4 Å². The summed E-state index contributed by atoms with van der Waals surface area (Å²) in [6.45, 7) is 0.539. The van der Waals surface area contributed by atoms with E-state index in [4.69, 9.17) is 12.2 Å². The lowest BCUT2D eigenvalue weighted by molar-refractivity contribution is -0.122. The fourth-order valence-corrected chi connectivity index (χ4v) is 5.56. The Morgan fingerprint density at radius 3 is 3.00 bits per heavy atom. The fraction of sp³-hybridized carbons (Fsp3) is 0.143. The highest BCUT2D eigenvalue weighted by Crippen LogP contribution is 2.35. The Hall–Kier alpha value is -2.95. The molecule has 4 heterocycles. The van der Waals surface area contributed by atoms with E-state index >= 15 is 0 Å². The number of aromatic nitrogens is 5. The van der Waals surface area contributed by atoms with Crippen molar-refractivity contribution >= 4 is 62.5 Å². The van der Waals surface area contributed by atoms with Gasteiger partial charge in [-0.3, -0.25) is 14.7 Å². The SMILES string of the molecule is O=C1/C(=C/c2cc(-c3ccc4ncccc4c3)cs2)SC(=S)N1CCCc1nn[nH]n1. The van der Waals surface area contributed by atoms with Crippen LogP contribution in [0.3, 0.4) is 0 Å². The van der Waals surface area contributed by atoms with Crippen LogP contribution in [-0.2, 0) is 11.2 Å². The smallest absolute Gasteiger partial charge is 0.266 e. The normalized spacial score (nSPS) is 15.5. The van der Waals surface area contributed by atoms with Gasteiger partial charge in [-0.05, 0) is 53.3 Å². The zero-order valence-electron chi connectivity index (χ0n) is 16.2. The first-order chi connectivity index (χ1) is 15.2. The second kappa shape index (κ2) is 8.66. The number of aryl methyl sites for hydroxylation is 1. The monoisotopic (exact) mass is 464 g/mol. The van der Waals surface area contributed by atoms with Crippen LogP contribution in [0.4, 0.5) is 0 Å². The number of pyridine rings is 1. The minimum atomic E-state index is -0.0464. The molecule has 4 aromatic rings. The maximum Gasteiger partial charge on any atom is 0.266 e. The zero-order chi connectivity index (χ0) is 21.2. The van der Waals surface area contributed by atoms with E-state index in [1.54, 1.807) is 22.4 Å². The Balaban J connectivity index is 1.29. The van der Waals surface area contributed by atoms with Crippen LogP contribution in [0.25, 0.3) is 28.1 Å². The number of nitrogens with zero attached hydrogens (tertiary/aromatic N) is 5. The highest BCUT2D eigenvalue weighted by molar-refractivity contribution is 8.26. The largest absolute Gasteiger partial charge is 0.293 e. The third kappa shape index (κ3) is 4.27. The summed E-state index contributed by atoms with van der Waals surface area (Å²) in [5.41, 5.74) is 3.23. The Bertz CT molecular complexity index is 1300. The summed E-state index contributed by atoms with van der Waals surface area (Å²) in [6.07, 6.45) is 5.09. The summed E-state index contributed by atoms with van der Waals surface area (Å²) in [7, 11) is 0. The molecule has 1 saturated heterocycles. The highest BCUT2D eigenvalue weighted by Gasteiger charge is 2.31. The average Bonchev–Trinajstić information content (AvgIpc) is 3.52. The van der Waals surface area contributed by atoms with Gasteiger partial charge in [-0.15, -0.1) is 21.5 Å². The summed E-state index contributed by atoms with van der Waals surface area (Å²) < 4.78 is 0.586. The molecule has 1 aliphatic rings. The van der Waals surface area contributed by atoms with Crippen LogP contribution in [0.1, 0.15) is 17.1 Å². The third-order valence-electron chi connectivity index (χ3n) is 4.87. The van der Waals surface area contributed by atoms with Gasteiger partial charge in [-0.25, -0.2) is 0 Å². The van der Waals surface area contributed by atoms with Crippen LogP contribution < -0.4 is 0 Å². The molecule has 5 rings (SSSR count). The van der Waals surface area contributed by atoms with Gasteiger partial charge in [0.25, 0.3) is 5.91 Å². The number of thiocarbonyl (C=S) groups is 1. The molecule has 154 valence electrons. The second-order valence-electron chi connectivity index (χ2n) is 6.91. The molecule has 31 heavy (non-hydrogen) atoms. The van der Waals surface area contributed by atoms with Crippen LogP contribution in [0.2, 0.25) is 0 Å². The van der Waals surface area contributed by atoms with Crippen molar-refractivity contribution in [1.29, 1.82) is 0 Å².